The molecule has 1 N–H and O–H groups in total. The van der Waals surface area contributed by atoms with Gasteiger partial charge in [0, 0.05) is 16.1 Å². The molecular weight excluding hydrogens is 343 g/mol. The summed E-state index contributed by atoms with van der Waals surface area (Å²) in [5.41, 5.74) is 0.916. The summed E-state index contributed by atoms with van der Waals surface area (Å²) in [7, 11) is 0. The third-order valence-electron chi connectivity index (χ3n) is 2.74. The van der Waals surface area contributed by atoms with Crippen molar-refractivity contribution in [1.82, 2.24) is 5.32 Å². The number of amides is 1. The molecule has 24 heavy (non-hydrogen) atoms. The second kappa shape index (κ2) is 7.75. The van der Waals surface area contributed by atoms with Crippen molar-refractivity contribution in [1.29, 1.82) is 0 Å². The highest BCUT2D eigenvalue weighted by Crippen LogP contribution is 2.22. The van der Waals surface area contributed by atoms with Crippen LogP contribution in [0.25, 0.3) is 0 Å². The van der Waals surface area contributed by atoms with Crippen LogP contribution in [0.4, 0.5) is 13.2 Å². The van der Waals surface area contributed by atoms with E-state index in [4.69, 9.17) is 11.6 Å². The first kappa shape index (κ1) is 17.7. The lowest BCUT2D eigenvalue weighted by Crippen LogP contribution is -2.23. The topological polar surface area (TPSA) is 38.3 Å². The minimum Gasteiger partial charge on any atom is -0.406 e. The third-order valence-corrected chi connectivity index (χ3v) is 2.98. The zero-order valence-electron chi connectivity index (χ0n) is 12.2. The average Bonchev–Trinajstić information content (AvgIpc) is 2.50. The van der Waals surface area contributed by atoms with Crippen molar-refractivity contribution in [3.05, 3.63) is 64.7 Å². The summed E-state index contributed by atoms with van der Waals surface area (Å²) in [6.07, 6.45) is -4.76. The zero-order valence-corrected chi connectivity index (χ0v) is 12.9. The summed E-state index contributed by atoms with van der Waals surface area (Å²) in [5.74, 6) is 4.75. The highest BCUT2D eigenvalue weighted by molar-refractivity contribution is 6.30. The maximum absolute atomic E-state index is 12.0. The standard InChI is InChI=1S/C17H11ClF3NO2/c18-14-5-1-3-12(11-14)4-2-10-22-16(23)13-6-8-15(9-7-13)24-17(19,20)21/h1,3,5-9,11H,10H2,(H,22,23). The molecule has 0 aromatic heterocycles. The molecule has 2 rings (SSSR count). The molecule has 0 spiro atoms. The van der Waals surface area contributed by atoms with E-state index < -0.39 is 12.3 Å². The summed E-state index contributed by atoms with van der Waals surface area (Å²) in [6, 6.07) is 11.6. The van der Waals surface area contributed by atoms with Crippen molar-refractivity contribution in [2.75, 3.05) is 6.54 Å². The van der Waals surface area contributed by atoms with E-state index in [0.29, 0.717) is 10.6 Å². The Balaban J connectivity index is 1.89. The normalized spacial score (nSPS) is 10.5. The summed E-state index contributed by atoms with van der Waals surface area (Å²) < 4.78 is 39.9. The maximum atomic E-state index is 12.0. The van der Waals surface area contributed by atoms with Gasteiger partial charge in [-0.15, -0.1) is 13.2 Å². The molecule has 0 aliphatic heterocycles. The van der Waals surface area contributed by atoms with Gasteiger partial charge in [-0.25, -0.2) is 0 Å². The smallest absolute Gasteiger partial charge is 0.406 e. The van der Waals surface area contributed by atoms with Crippen LogP contribution in [-0.4, -0.2) is 18.8 Å². The average molecular weight is 354 g/mol. The van der Waals surface area contributed by atoms with Crippen LogP contribution >= 0.6 is 11.6 Å². The Morgan fingerprint density at radius 1 is 1.17 bits per heavy atom. The zero-order chi connectivity index (χ0) is 17.6. The second-order valence-electron chi connectivity index (χ2n) is 4.57. The summed E-state index contributed by atoms with van der Waals surface area (Å²) >= 11 is 5.82. The van der Waals surface area contributed by atoms with E-state index in [-0.39, 0.29) is 17.9 Å². The lowest BCUT2D eigenvalue weighted by Gasteiger charge is -2.09. The van der Waals surface area contributed by atoms with E-state index in [1.807, 2.05) is 0 Å². The molecule has 0 saturated carbocycles. The Bertz CT molecular complexity index is 777. The Morgan fingerprint density at radius 3 is 2.50 bits per heavy atom. The molecule has 124 valence electrons. The van der Waals surface area contributed by atoms with Crippen molar-refractivity contribution < 1.29 is 22.7 Å². The summed E-state index contributed by atoms with van der Waals surface area (Å²) in [5, 5.41) is 3.10. The predicted molar refractivity (Wildman–Crippen MR) is 83.8 cm³/mol. The SMILES string of the molecule is O=C(NCC#Cc1cccc(Cl)c1)c1ccc(OC(F)(F)F)cc1. The Labute approximate surface area is 141 Å². The molecule has 1 amide bonds. The van der Waals surface area contributed by atoms with Crippen LogP contribution in [0.15, 0.2) is 48.5 Å². The first-order valence-electron chi connectivity index (χ1n) is 6.72. The molecule has 2 aromatic carbocycles. The monoisotopic (exact) mass is 353 g/mol. The van der Waals surface area contributed by atoms with E-state index >= 15 is 0 Å². The number of alkyl halides is 3. The molecular formula is C17H11ClF3NO2. The molecule has 0 fully saturated rings. The van der Waals surface area contributed by atoms with E-state index in [2.05, 4.69) is 21.9 Å². The number of halogens is 4. The lowest BCUT2D eigenvalue weighted by molar-refractivity contribution is -0.274. The molecule has 0 aliphatic carbocycles. The van der Waals surface area contributed by atoms with Gasteiger partial charge >= 0.3 is 6.36 Å². The fraction of sp³-hybridized carbons (Fsp3) is 0.118. The quantitative estimate of drug-likeness (QED) is 0.846. The van der Waals surface area contributed by atoms with Crippen LogP contribution in [0.1, 0.15) is 15.9 Å². The number of nitrogens with one attached hydrogen (secondary N) is 1. The van der Waals surface area contributed by atoms with Gasteiger partial charge in [-0.1, -0.05) is 29.5 Å². The number of rotatable bonds is 3. The van der Waals surface area contributed by atoms with Crippen molar-refractivity contribution in [2.24, 2.45) is 0 Å². The van der Waals surface area contributed by atoms with E-state index in [1.165, 1.54) is 12.1 Å². The molecule has 3 nitrogen and oxygen atoms in total. The van der Waals surface area contributed by atoms with Crippen LogP contribution in [0.2, 0.25) is 5.02 Å². The number of carbonyl (C=O) groups excluding carboxylic acids is 1. The molecule has 0 radical (unpaired) electrons. The minimum atomic E-state index is -4.76. The molecule has 0 saturated heterocycles. The maximum Gasteiger partial charge on any atom is 0.573 e. The van der Waals surface area contributed by atoms with E-state index in [0.717, 1.165) is 12.1 Å². The number of benzene rings is 2. The number of ether oxygens (including phenoxy) is 1. The van der Waals surface area contributed by atoms with Crippen molar-refractivity contribution in [2.45, 2.75) is 6.36 Å². The van der Waals surface area contributed by atoms with Crippen LogP contribution < -0.4 is 10.1 Å². The number of hydrogen-bond acceptors (Lipinski definition) is 2. The van der Waals surface area contributed by atoms with Crippen LogP contribution in [0.5, 0.6) is 5.75 Å². The Hall–Kier alpha value is -2.65. The predicted octanol–water partition coefficient (Wildman–Crippen LogP) is 4.02. The van der Waals surface area contributed by atoms with Gasteiger partial charge in [0.25, 0.3) is 5.91 Å². The summed E-state index contributed by atoms with van der Waals surface area (Å²) in [4.78, 5) is 11.8. The van der Waals surface area contributed by atoms with Gasteiger partial charge < -0.3 is 10.1 Å². The van der Waals surface area contributed by atoms with Gasteiger partial charge in [-0.05, 0) is 42.5 Å². The van der Waals surface area contributed by atoms with Crippen molar-refractivity contribution in [3.8, 4) is 17.6 Å². The fourth-order valence-corrected chi connectivity index (χ4v) is 1.94. The lowest BCUT2D eigenvalue weighted by atomic mass is 10.2. The van der Waals surface area contributed by atoms with Gasteiger partial charge in [0.15, 0.2) is 0 Å². The Kier molecular flexibility index (Phi) is 5.72. The van der Waals surface area contributed by atoms with Crippen LogP contribution in [-0.2, 0) is 0 Å². The minimum absolute atomic E-state index is 0.0894. The van der Waals surface area contributed by atoms with Gasteiger partial charge in [0.05, 0.1) is 6.54 Å². The second-order valence-corrected chi connectivity index (χ2v) is 5.00. The van der Waals surface area contributed by atoms with Crippen molar-refractivity contribution in [3.63, 3.8) is 0 Å². The molecule has 0 unspecified atom stereocenters. The summed E-state index contributed by atoms with van der Waals surface area (Å²) in [6.45, 7) is 0.0894. The first-order valence-corrected chi connectivity index (χ1v) is 7.10. The van der Waals surface area contributed by atoms with E-state index in [9.17, 15) is 18.0 Å². The van der Waals surface area contributed by atoms with Crippen LogP contribution in [0.3, 0.4) is 0 Å². The third kappa shape index (κ3) is 5.86. The molecule has 0 atom stereocenters. The number of carbonyl (C=O) groups is 1. The van der Waals surface area contributed by atoms with Gasteiger partial charge in [-0.3, -0.25) is 4.79 Å². The Morgan fingerprint density at radius 2 is 1.88 bits per heavy atom. The van der Waals surface area contributed by atoms with Gasteiger partial charge in [-0.2, -0.15) is 0 Å². The van der Waals surface area contributed by atoms with Crippen LogP contribution in [0, 0.1) is 11.8 Å². The fourth-order valence-electron chi connectivity index (χ4n) is 1.75. The molecule has 7 heteroatoms. The largest absolute Gasteiger partial charge is 0.573 e. The molecule has 0 bridgehead atoms. The van der Waals surface area contributed by atoms with Crippen molar-refractivity contribution >= 4 is 17.5 Å². The van der Waals surface area contributed by atoms with Gasteiger partial charge in [0.1, 0.15) is 5.75 Å². The first-order chi connectivity index (χ1) is 11.3. The number of hydrogen-bond donors (Lipinski definition) is 1. The molecule has 0 heterocycles. The highest BCUT2D eigenvalue weighted by atomic mass is 35.5. The van der Waals surface area contributed by atoms with E-state index in [1.54, 1.807) is 24.3 Å². The highest BCUT2D eigenvalue weighted by Gasteiger charge is 2.31. The molecule has 2 aromatic rings. The molecule has 0 aliphatic rings. The van der Waals surface area contributed by atoms with Gasteiger partial charge in [0.2, 0.25) is 0 Å².